The fraction of sp³-hybridized carbons (Fsp3) is 0.273. The van der Waals surface area contributed by atoms with Crippen LogP contribution in [0.25, 0.3) is 16.6 Å². The Morgan fingerprint density at radius 2 is 1.93 bits per heavy atom. The van der Waals surface area contributed by atoms with Crippen LogP contribution in [-0.2, 0) is 17.0 Å². The largest absolute Gasteiger partial charge is 0.385 e. The lowest BCUT2D eigenvalue weighted by Gasteiger charge is -2.13. The maximum atomic E-state index is 13.0. The van der Waals surface area contributed by atoms with Crippen molar-refractivity contribution in [1.82, 2.24) is 18.9 Å². The molecule has 0 radical (unpaired) electrons. The van der Waals surface area contributed by atoms with Crippen LogP contribution in [0, 0.1) is 6.92 Å². The van der Waals surface area contributed by atoms with Gasteiger partial charge in [0, 0.05) is 38.3 Å². The molecule has 30 heavy (non-hydrogen) atoms. The molecule has 0 saturated carbocycles. The second-order valence-electron chi connectivity index (χ2n) is 6.97. The van der Waals surface area contributed by atoms with Crippen LogP contribution in [0.2, 0.25) is 0 Å². The van der Waals surface area contributed by atoms with Crippen molar-refractivity contribution in [2.24, 2.45) is 0 Å². The molecule has 3 aromatic heterocycles. The maximum Gasteiger partial charge on any atom is 0.262 e. The molecule has 0 aliphatic rings. The predicted octanol–water partition coefficient (Wildman–Crippen LogP) is 3.04. The summed E-state index contributed by atoms with van der Waals surface area (Å²) in [7, 11) is 1.64. The summed E-state index contributed by atoms with van der Waals surface area (Å²) in [5.74, 6) is 0.440. The van der Waals surface area contributed by atoms with Crippen molar-refractivity contribution in [1.29, 1.82) is 0 Å². The van der Waals surface area contributed by atoms with Crippen LogP contribution in [0.1, 0.15) is 17.7 Å². The van der Waals surface area contributed by atoms with Crippen molar-refractivity contribution < 1.29 is 4.74 Å². The van der Waals surface area contributed by atoms with Gasteiger partial charge < -0.3 is 4.74 Å². The fourth-order valence-corrected chi connectivity index (χ4v) is 4.26. The molecule has 0 fully saturated rings. The quantitative estimate of drug-likeness (QED) is 0.259. The van der Waals surface area contributed by atoms with E-state index in [9.17, 15) is 9.59 Å². The molecule has 0 unspecified atom stereocenters. The van der Waals surface area contributed by atoms with Gasteiger partial charge in [-0.1, -0.05) is 30.0 Å². The summed E-state index contributed by atoms with van der Waals surface area (Å²) in [6.45, 7) is 3.00. The molecule has 0 amide bonds. The second-order valence-corrected chi connectivity index (χ2v) is 7.92. The van der Waals surface area contributed by atoms with Crippen molar-refractivity contribution in [3.63, 3.8) is 0 Å². The number of methoxy groups -OCH3 is 1. The van der Waals surface area contributed by atoms with Crippen molar-refractivity contribution in [2.75, 3.05) is 13.7 Å². The third kappa shape index (κ3) is 4.01. The average molecular weight is 423 g/mol. The first-order chi connectivity index (χ1) is 14.6. The highest BCUT2D eigenvalue weighted by molar-refractivity contribution is 7.98. The summed E-state index contributed by atoms with van der Waals surface area (Å²) in [5, 5.41) is 1.21. The fourth-order valence-electron chi connectivity index (χ4n) is 3.34. The first-order valence-electron chi connectivity index (χ1n) is 9.67. The molecule has 4 aromatic rings. The Morgan fingerprint density at radius 3 is 2.77 bits per heavy atom. The zero-order chi connectivity index (χ0) is 21.1. The summed E-state index contributed by atoms with van der Waals surface area (Å²) < 4.78 is 8.36. The number of aromatic nitrogens is 4. The molecule has 0 bridgehead atoms. The van der Waals surface area contributed by atoms with E-state index < -0.39 is 0 Å². The van der Waals surface area contributed by atoms with Crippen LogP contribution in [0.15, 0.2) is 63.4 Å². The van der Waals surface area contributed by atoms with Crippen molar-refractivity contribution in [3.05, 3.63) is 80.6 Å². The van der Waals surface area contributed by atoms with E-state index in [2.05, 4.69) is 4.98 Å². The third-order valence-electron chi connectivity index (χ3n) is 4.85. The third-order valence-corrected chi connectivity index (χ3v) is 5.86. The van der Waals surface area contributed by atoms with Crippen LogP contribution in [-0.4, -0.2) is 32.7 Å². The van der Waals surface area contributed by atoms with Gasteiger partial charge in [-0.05, 0) is 37.1 Å². The minimum absolute atomic E-state index is 0.0680. The van der Waals surface area contributed by atoms with Crippen molar-refractivity contribution >= 4 is 28.3 Å². The summed E-state index contributed by atoms with van der Waals surface area (Å²) in [6, 6.07) is 12.6. The molecule has 4 rings (SSSR count). The van der Waals surface area contributed by atoms with Gasteiger partial charge in [0.2, 0.25) is 0 Å². The SMILES string of the molecule is COCCCn1c(SCc2cc(=O)n3cccc(C)c3n2)nc2ccccc2c1=O. The molecule has 0 aliphatic carbocycles. The average Bonchev–Trinajstić information content (AvgIpc) is 2.75. The molecule has 154 valence electrons. The Hall–Kier alpha value is -2.97. The lowest BCUT2D eigenvalue weighted by molar-refractivity contribution is 0.189. The number of rotatable bonds is 7. The van der Waals surface area contributed by atoms with Gasteiger partial charge >= 0.3 is 0 Å². The van der Waals surface area contributed by atoms with E-state index in [1.165, 1.54) is 17.8 Å². The Kier molecular flexibility index (Phi) is 5.96. The minimum Gasteiger partial charge on any atom is -0.385 e. The first-order valence-corrected chi connectivity index (χ1v) is 10.7. The van der Waals surface area contributed by atoms with Crippen LogP contribution < -0.4 is 11.1 Å². The molecule has 0 aliphatic heterocycles. The lowest BCUT2D eigenvalue weighted by atomic mass is 10.2. The molecule has 3 heterocycles. The number of ether oxygens (including phenoxy) is 1. The molecular formula is C22H22N4O3S. The minimum atomic E-state index is -0.122. The van der Waals surface area contributed by atoms with Crippen LogP contribution >= 0.6 is 11.8 Å². The number of aryl methyl sites for hydroxylation is 1. The van der Waals surface area contributed by atoms with Gasteiger partial charge in [0.05, 0.1) is 16.6 Å². The maximum absolute atomic E-state index is 13.0. The molecular weight excluding hydrogens is 400 g/mol. The molecule has 0 atom stereocenters. The highest BCUT2D eigenvalue weighted by Crippen LogP contribution is 2.22. The predicted molar refractivity (Wildman–Crippen MR) is 118 cm³/mol. The Morgan fingerprint density at radius 1 is 1.10 bits per heavy atom. The van der Waals surface area contributed by atoms with Gasteiger partial charge in [0.25, 0.3) is 11.1 Å². The van der Waals surface area contributed by atoms with Gasteiger partial charge in [0.15, 0.2) is 5.16 Å². The van der Waals surface area contributed by atoms with E-state index in [4.69, 9.17) is 9.72 Å². The van der Waals surface area contributed by atoms with Crippen molar-refractivity contribution in [2.45, 2.75) is 30.8 Å². The van der Waals surface area contributed by atoms with Crippen LogP contribution in [0.3, 0.4) is 0 Å². The normalized spacial score (nSPS) is 11.4. The number of thioether (sulfide) groups is 1. The summed E-state index contributed by atoms with van der Waals surface area (Å²) >= 11 is 1.41. The Labute approximate surface area is 177 Å². The van der Waals surface area contributed by atoms with Crippen LogP contribution in [0.4, 0.5) is 0 Å². The highest BCUT2D eigenvalue weighted by Gasteiger charge is 2.13. The Balaban J connectivity index is 1.70. The van der Waals surface area contributed by atoms with E-state index in [1.807, 2.05) is 37.3 Å². The van der Waals surface area contributed by atoms with E-state index in [0.29, 0.717) is 52.7 Å². The molecule has 7 nitrogen and oxygen atoms in total. The number of hydrogen-bond donors (Lipinski definition) is 0. The number of fused-ring (bicyclic) bond motifs is 2. The first kappa shape index (κ1) is 20.3. The summed E-state index contributed by atoms with van der Waals surface area (Å²) in [5.41, 5.74) is 2.71. The molecule has 8 heteroatoms. The zero-order valence-electron chi connectivity index (χ0n) is 16.9. The summed E-state index contributed by atoms with van der Waals surface area (Å²) in [6.07, 6.45) is 2.42. The molecule has 0 spiro atoms. The number of hydrogen-bond acceptors (Lipinski definition) is 6. The van der Waals surface area contributed by atoms with Crippen LogP contribution in [0.5, 0.6) is 0 Å². The van der Waals surface area contributed by atoms with E-state index >= 15 is 0 Å². The number of para-hydroxylation sites is 1. The van der Waals surface area contributed by atoms with E-state index in [0.717, 1.165) is 5.56 Å². The van der Waals surface area contributed by atoms with Gasteiger partial charge in [-0.25, -0.2) is 9.97 Å². The second kappa shape index (κ2) is 8.81. The monoisotopic (exact) mass is 422 g/mol. The molecule has 0 N–H and O–H groups in total. The van der Waals surface area contributed by atoms with Crippen molar-refractivity contribution in [3.8, 4) is 0 Å². The standard InChI is InChI=1S/C22H22N4O3S/c1-15-7-5-10-25-19(27)13-16(23-20(15)25)14-30-22-24-18-9-4-3-8-17(18)21(28)26(22)11-6-12-29-2/h3-5,7-10,13H,6,11-12,14H2,1-2H3. The number of benzene rings is 1. The number of nitrogens with zero attached hydrogens (tertiary/aromatic N) is 4. The van der Waals surface area contributed by atoms with Gasteiger partial charge in [0.1, 0.15) is 5.65 Å². The van der Waals surface area contributed by atoms with Gasteiger partial charge in [-0.15, -0.1) is 0 Å². The molecule has 0 saturated heterocycles. The number of pyridine rings is 1. The van der Waals surface area contributed by atoms with Gasteiger partial charge in [-0.3, -0.25) is 18.6 Å². The highest BCUT2D eigenvalue weighted by atomic mass is 32.2. The molecule has 1 aromatic carbocycles. The smallest absolute Gasteiger partial charge is 0.262 e. The lowest BCUT2D eigenvalue weighted by Crippen LogP contribution is -2.24. The van der Waals surface area contributed by atoms with Gasteiger partial charge in [-0.2, -0.15) is 0 Å². The van der Waals surface area contributed by atoms with E-state index in [1.54, 1.807) is 28.3 Å². The van der Waals surface area contributed by atoms with E-state index in [-0.39, 0.29) is 11.1 Å². The summed E-state index contributed by atoms with van der Waals surface area (Å²) in [4.78, 5) is 34.8. The Bertz CT molecular complexity index is 1330. The zero-order valence-corrected chi connectivity index (χ0v) is 17.7. The topological polar surface area (TPSA) is 78.5 Å².